The summed E-state index contributed by atoms with van der Waals surface area (Å²) in [4.78, 5) is 30.1. The molecule has 1 unspecified atom stereocenters. The van der Waals surface area contributed by atoms with Crippen molar-refractivity contribution < 1.29 is 27.5 Å². The summed E-state index contributed by atoms with van der Waals surface area (Å²) in [6.07, 6.45) is 0.240. The molecule has 4 aromatic carbocycles. The number of sulfonamides is 1. The largest absolute Gasteiger partial charge is 0.493 e. The van der Waals surface area contributed by atoms with E-state index in [4.69, 9.17) is 9.47 Å². The number of amides is 2. The predicted molar refractivity (Wildman–Crippen MR) is 189 cm³/mol. The van der Waals surface area contributed by atoms with Crippen LogP contribution >= 0.6 is 0 Å². The Labute approximate surface area is 284 Å². The van der Waals surface area contributed by atoms with Crippen LogP contribution in [0.4, 0.5) is 5.69 Å². The number of carbonyl (C=O) groups is 2. The molecule has 9 nitrogen and oxygen atoms in total. The Balaban J connectivity index is 1.83. The lowest BCUT2D eigenvalue weighted by Gasteiger charge is -2.34. The van der Waals surface area contributed by atoms with E-state index in [-0.39, 0.29) is 35.4 Å². The van der Waals surface area contributed by atoms with Gasteiger partial charge in [-0.05, 0) is 55.2 Å². The zero-order valence-electron chi connectivity index (χ0n) is 28.5. The van der Waals surface area contributed by atoms with Gasteiger partial charge < -0.3 is 19.7 Å². The molecule has 0 aliphatic heterocycles. The SMILES string of the molecule is COc1ccc(N(CC(=O)N(Cc2ccc(C)cc2)C(Cc2ccccc2)C(=O)NCC(C)C)S(=O)(=O)c2ccc(C)cc2)cc1OC. The van der Waals surface area contributed by atoms with Gasteiger partial charge in [-0.15, -0.1) is 0 Å². The molecule has 1 N–H and O–H groups in total. The van der Waals surface area contributed by atoms with Crippen LogP contribution in [0.25, 0.3) is 0 Å². The van der Waals surface area contributed by atoms with Crippen molar-refractivity contribution in [3.05, 3.63) is 119 Å². The van der Waals surface area contributed by atoms with Crippen LogP contribution in [0, 0.1) is 19.8 Å². The Morgan fingerprint density at radius 1 is 0.771 bits per heavy atom. The molecule has 48 heavy (non-hydrogen) atoms. The van der Waals surface area contributed by atoms with Gasteiger partial charge in [0.2, 0.25) is 11.8 Å². The molecule has 0 saturated heterocycles. The molecule has 0 aliphatic carbocycles. The summed E-state index contributed by atoms with van der Waals surface area (Å²) in [6, 6.07) is 27.4. The summed E-state index contributed by atoms with van der Waals surface area (Å²) < 4.78 is 40.6. The fraction of sp³-hybridized carbons (Fsp3) is 0.316. The minimum absolute atomic E-state index is 0.0243. The van der Waals surface area contributed by atoms with Crippen LogP contribution in [0.1, 0.15) is 36.1 Å². The average Bonchev–Trinajstić information content (AvgIpc) is 3.08. The van der Waals surface area contributed by atoms with Gasteiger partial charge in [0.15, 0.2) is 11.5 Å². The highest BCUT2D eigenvalue weighted by Gasteiger charge is 2.35. The number of rotatable bonds is 15. The third-order valence-electron chi connectivity index (χ3n) is 7.97. The van der Waals surface area contributed by atoms with E-state index >= 15 is 0 Å². The highest BCUT2D eigenvalue weighted by atomic mass is 32.2. The van der Waals surface area contributed by atoms with Crippen molar-refractivity contribution in [3.8, 4) is 11.5 Å². The molecule has 10 heteroatoms. The predicted octanol–water partition coefficient (Wildman–Crippen LogP) is 5.93. The molecule has 4 aromatic rings. The van der Waals surface area contributed by atoms with E-state index in [1.807, 2.05) is 82.3 Å². The van der Waals surface area contributed by atoms with Crippen molar-refractivity contribution in [2.45, 2.75) is 51.6 Å². The molecule has 4 rings (SSSR count). The van der Waals surface area contributed by atoms with Crippen LogP contribution in [0.3, 0.4) is 0 Å². The molecule has 0 fully saturated rings. The molecule has 0 spiro atoms. The molecule has 0 heterocycles. The fourth-order valence-electron chi connectivity index (χ4n) is 5.21. The molecule has 0 aromatic heterocycles. The standard InChI is InChI=1S/C38H45N3O6S/c1-27(2)24-39-38(43)34(22-30-10-8-7-9-11-30)40(25-31-16-12-28(3)13-17-31)37(42)26-41(32-18-21-35(46-5)36(23-32)47-6)48(44,45)33-19-14-29(4)15-20-33/h7-21,23,27,34H,22,24-26H2,1-6H3,(H,39,43). The van der Waals surface area contributed by atoms with Gasteiger partial charge in [0.1, 0.15) is 12.6 Å². The topological polar surface area (TPSA) is 105 Å². The lowest BCUT2D eigenvalue weighted by Crippen LogP contribution is -2.53. The van der Waals surface area contributed by atoms with Crippen LogP contribution in [-0.2, 0) is 32.6 Å². The number of nitrogens with one attached hydrogen (secondary N) is 1. The van der Waals surface area contributed by atoms with Crippen molar-refractivity contribution in [3.63, 3.8) is 0 Å². The van der Waals surface area contributed by atoms with Crippen molar-refractivity contribution in [1.29, 1.82) is 0 Å². The molecule has 0 bridgehead atoms. The van der Waals surface area contributed by atoms with Crippen LogP contribution in [0.15, 0.2) is 102 Å². The van der Waals surface area contributed by atoms with E-state index in [0.29, 0.717) is 18.0 Å². The highest BCUT2D eigenvalue weighted by molar-refractivity contribution is 7.92. The second kappa shape index (κ2) is 16.3. The summed E-state index contributed by atoms with van der Waals surface area (Å²) in [5.41, 5.74) is 3.83. The quantitative estimate of drug-likeness (QED) is 0.168. The maximum absolute atomic E-state index is 14.7. The van der Waals surface area contributed by atoms with E-state index < -0.39 is 28.5 Å². The van der Waals surface area contributed by atoms with Crippen molar-refractivity contribution in [1.82, 2.24) is 10.2 Å². The van der Waals surface area contributed by atoms with Crippen LogP contribution < -0.4 is 19.1 Å². The zero-order valence-corrected chi connectivity index (χ0v) is 29.3. The van der Waals surface area contributed by atoms with Crippen molar-refractivity contribution in [2.75, 3.05) is 31.6 Å². The lowest BCUT2D eigenvalue weighted by molar-refractivity contribution is -0.140. The summed E-state index contributed by atoms with van der Waals surface area (Å²) >= 11 is 0. The number of aryl methyl sites for hydroxylation is 2. The average molecular weight is 672 g/mol. The van der Waals surface area contributed by atoms with Crippen molar-refractivity contribution in [2.24, 2.45) is 5.92 Å². The Bertz CT molecular complexity index is 1780. The van der Waals surface area contributed by atoms with Crippen LogP contribution in [0.2, 0.25) is 0 Å². The van der Waals surface area contributed by atoms with Gasteiger partial charge in [-0.2, -0.15) is 0 Å². The normalized spacial score (nSPS) is 11.9. The molecular weight excluding hydrogens is 627 g/mol. The van der Waals surface area contributed by atoms with E-state index in [1.165, 1.54) is 37.3 Å². The van der Waals surface area contributed by atoms with Crippen molar-refractivity contribution >= 4 is 27.5 Å². The summed E-state index contributed by atoms with van der Waals surface area (Å²) in [5, 5.41) is 3.01. The minimum Gasteiger partial charge on any atom is -0.493 e. The van der Waals surface area contributed by atoms with E-state index in [2.05, 4.69) is 5.32 Å². The number of anilines is 1. The summed E-state index contributed by atoms with van der Waals surface area (Å²) in [6.45, 7) is 7.79. The maximum Gasteiger partial charge on any atom is 0.264 e. The Morgan fingerprint density at radius 3 is 1.96 bits per heavy atom. The second-order valence-electron chi connectivity index (χ2n) is 12.2. The van der Waals surface area contributed by atoms with Gasteiger partial charge >= 0.3 is 0 Å². The maximum atomic E-state index is 14.7. The summed E-state index contributed by atoms with van der Waals surface area (Å²) in [5.74, 6) is 0.0469. The molecule has 2 amide bonds. The van der Waals surface area contributed by atoms with Gasteiger partial charge in [-0.3, -0.25) is 13.9 Å². The minimum atomic E-state index is -4.26. The fourth-order valence-corrected chi connectivity index (χ4v) is 6.62. The Kier molecular flexibility index (Phi) is 12.2. The third kappa shape index (κ3) is 9.16. The van der Waals surface area contributed by atoms with Gasteiger partial charge in [0, 0.05) is 25.6 Å². The number of hydrogen-bond donors (Lipinski definition) is 1. The number of carbonyl (C=O) groups excluding carboxylic acids is 2. The smallest absolute Gasteiger partial charge is 0.264 e. The molecule has 0 aliphatic rings. The number of nitrogens with zero attached hydrogens (tertiary/aromatic N) is 2. The highest BCUT2D eigenvalue weighted by Crippen LogP contribution is 2.34. The number of ether oxygens (including phenoxy) is 2. The second-order valence-corrected chi connectivity index (χ2v) is 14.1. The van der Waals surface area contributed by atoms with E-state index in [0.717, 1.165) is 26.6 Å². The molecule has 0 radical (unpaired) electrons. The number of benzene rings is 4. The van der Waals surface area contributed by atoms with Gasteiger partial charge in [-0.25, -0.2) is 8.42 Å². The number of methoxy groups -OCH3 is 2. The number of hydrogen-bond acceptors (Lipinski definition) is 6. The molecule has 0 saturated carbocycles. The first-order valence-electron chi connectivity index (χ1n) is 15.9. The Morgan fingerprint density at radius 2 is 1.38 bits per heavy atom. The van der Waals surface area contributed by atoms with E-state index in [1.54, 1.807) is 24.3 Å². The summed E-state index contributed by atoms with van der Waals surface area (Å²) in [7, 11) is -1.31. The van der Waals surface area contributed by atoms with Crippen LogP contribution in [0.5, 0.6) is 11.5 Å². The first kappa shape index (κ1) is 36.0. The van der Waals surface area contributed by atoms with E-state index in [9.17, 15) is 18.0 Å². The first-order valence-corrected chi connectivity index (χ1v) is 17.3. The monoisotopic (exact) mass is 671 g/mol. The molecule has 254 valence electrons. The van der Waals surface area contributed by atoms with Gasteiger partial charge in [-0.1, -0.05) is 91.7 Å². The lowest BCUT2D eigenvalue weighted by atomic mass is 10.0. The Hall–Kier alpha value is -4.83. The molecular formula is C38H45N3O6S. The zero-order chi connectivity index (χ0) is 34.8. The third-order valence-corrected chi connectivity index (χ3v) is 9.76. The first-order chi connectivity index (χ1) is 22.9. The van der Waals surface area contributed by atoms with Gasteiger partial charge in [0.25, 0.3) is 10.0 Å². The molecule has 1 atom stereocenters. The van der Waals surface area contributed by atoms with Gasteiger partial charge in [0.05, 0.1) is 24.8 Å². The van der Waals surface area contributed by atoms with Crippen LogP contribution in [-0.4, -0.2) is 58.5 Å².